The minimum atomic E-state index is -3.89. The molecule has 1 saturated heterocycles. The van der Waals surface area contributed by atoms with Crippen LogP contribution in [0, 0.1) is 0 Å². The van der Waals surface area contributed by atoms with Crippen molar-refractivity contribution in [1.29, 1.82) is 0 Å². The number of anilines is 1. The van der Waals surface area contributed by atoms with Crippen molar-refractivity contribution in [1.82, 2.24) is 4.31 Å². The predicted molar refractivity (Wildman–Crippen MR) is 121 cm³/mol. The quantitative estimate of drug-likeness (QED) is 0.702. The summed E-state index contributed by atoms with van der Waals surface area (Å²) in [5.41, 5.74) is 0.274. The highest BCUT2D eigenvalue weighted by molar-refractivity contribution is 7.92. The lowest BCUT2D eigenvalue weighted by atomic mass is 10.0. The fourth-order valence-corrected chi connectivity index (χ4v) is 7.17. The number of hydrogen-bond donors (Lipinski definition) is 1. The monoisotopic (exact) mass is 480 g/mol. The maximum atomic E-state index is 13.2. The van der Waals surface area contributed by atoms with Gasteiger partial charge in [0.1, 0.15) is 0 Å². The van der Waals surface area contributed by atoms with Crippen molar-refractivity contribution in [2.75, 3.05) is 17.9 Å². The molecule has 0 saturated carbocycles. The zero-order chi connectivity index (χ0) is 22.9. The standard InChI is InChI=1S/C22H28N2O6S2/c1-16-5-3-6-17(2)24(16)32(27,28)19-9-7-18(8-10-19)23-31(25,26)20-11-12-21-22(15-20)30-14-4-13-29-21/h7-12,15-17,23H,3-6,13-14H2,1-2H3. The van der Waals surface area contributed by atoms with Gasteiger partial charge in [-0.05, 0) is 63.1 Å². The fourth-order valence-electron chi connectivity index (χ4n) is 4.21. The number of ether oxygens (including phenoxy) is 2. The third-order valence-corrected chi connectivity index (χ3v) is 9.35. The van der Waals surface area contributed by atoms with E-state index >= 15 is 0 Å². The molecule has 10 heteroatoms. The molecule has 0 amide bonds. The molecule has 0 radical (unpaired) electrons. The molecule has 2 aliphatic heterocycles. The molecule has 2 heterocycles. The molecule has 2 atom stereocenters. The van der Waals surface area contributed by atoms with Crippen molar-refractivity contribution >= 4 is 25.7 Å². The summed E-state index contributed by atoms with van der Waals surface area (Å²) < 4.78 is 67.2. The smallest absolute Gasteiger partial charge is 0.262 e. The highest BCUT2D eigenvalue weighted by atomic mass is 32.2. The lowest BCUT2D eigenvalue weighted by Gasteiger charge is -2.37. The van der Waals surface area contributed by atoms with E-state index in [0.717, 1.165) is 25.7 Å². The number of sulfonamides is 2. The molecule has 4 rings (SSSR count). The second kappa shape index (κ2) is 8.92. The summed E-state index contributed by atoms with van der Waals surface area (Å²) in [7, 11) is -7.55. The Morgan fingerprint density at radius 3 is 2.06 bits per heavy atom. The Kier molecular flexibility index (Phi) is 6.37. The van der Waals surface area contributed by atoms with Crippen LogP contribution in [-0.2, 0) is 20.0 Å². The van der Waals surface area contributed by atoms with Crippen LogP contribution >= 0.6 is 0 Å². The Morgan fingerprint density at radius 2 is 1.41 bits per heavy atom. The van der Waals surface area contributed by atoms with Crippen LogP contribution in [0.1, 0.15) is 39.5 Å². The number of nitrogens with one attached hydrogen (secondary N) is 1. The summed E-state index contributed by atoms with van der Waals surface area (Å²) >= 11 is 0. The van der Waals surface area contributed by atoms with E-state index < -0.39 is 20.0 Å². The van der Waals surface area contributed by atoms with E-state index in [1.54, 1.807) is 10.4 Å². The van der Waals surface area contributed by atoms with Gasteiger partial charge in [0.05, 0.1) is 23.0 Å². The van der Waals surface area contributed by atoms with E-state index in [9.17, 15) is 16.8 Å². The third kappa shape index (κ3) is 4.57. The number of piperidine rings is 1. The molecule has 2 aromatic carbocycles. The molecule has 0 bridgehead atoms. The van der Waals surface area contributed by atoms with Gasteiger partial charge in [-0.2, -0.15) is 4.31 Å². The first-order valence-electron chi connectivity index (χ1n) is 10.7. The van der Waals surface area contributed by atoms with Crippen LogP contribution in [-0.4, -0.2) is 46.4 Å². The van der Waals surface area contributed by atoms with Crippen molar-refractivity contribution in [2.45, 2.75) is 61.4 Å². The second-order valence-electron chi connectivity index (χ2n) is 8.25. The lowest BCUT2D eigenvalue weighted by Crippen LogP contribution is -2.47. The Balaban J connectivity index is 1.54. The van der Waals surface area contributed by atoms with E-state index in [1.165, 1.54) is 36.4 Å². The maximum absolute atomic E-state index is 13.2. The van der Waals surface area contributed by atoms with Crippen LogP contribution in [0.3, 0.4) is 0 Å². The van der Waals surface area contributed by atoms with Gasteiger partial charge in [-0.25, -0.2) is 16.8 Å². The molecule has 174 valence electrons. The Hall–Kier alpha value is -2.30. The van der Waals surface area contributed by atoms with Crippen molar-refractivity contribution in [3.8, 4) is 11.5 Å². The zero-order valence-corrected chi connectivity index (χ0v) is 19.8. The van der Waals surface area contributed by atoms with Crippen molar-refractivity contribution in [3.05, 3.63) is 42.5 Å². The summed E-state index contributed by atoms with van der Waals surface area (Å²) in [5.74, 6) is 0.897. The number of fused-ring (bicyclic) bond motifs is 1. The van der Waals surface area contributed by atoms with Crippen LogP contribution < -0.4 is 14.2 Å². The van der Waals surface area contributed by atoms with Gasteiger partial charge in [-0.15, -0.1) is 0 Å². The predicted octanol–water partition coefficient (Wildman–Crippen LogP) is 3.60. The van der Waals surface area contributed by atoms with E-state index in [2.05, 4.69) is 4.72 Å². The average Bonchev–Trinajstić information content (AvgIpc) is 2.98. The molecule has 2 unspecified atom stereocenters. The molecule has 8 nitrogen and oxygen atoms in total. The zero-order valence-electron chi connectivity index (χ0n) is 18.2. The van der Waals surface area contributed by atoms with Gasteiger partial charge in [0, 0.05) is 30.3 Å². The molecule has 0 aromatic heterocycles. The summed E-state index contributed by atoms with van der Waals surface area (Å²) in [6.07, 6.45) is 3.39. The fraction of sp³-hybridized carbons (Fsp3) is 0.455. The van der Waals surface area contributed by atoms with Crippen LogP contribution in [0.5, 0.6) is 11.5 Å². The van der Waals surface area contributed by atoms with Gasteiger partial charge in [-0.3, -0.25) is 4.72 Å². The molecule has 1 fully saturated rings. The molecule has 0 aliphatic carbocycles. The molecular formula is C22H28N2O6S2. The van der Waals surface area contributed by atoms with E-state index in [1.807, 2.05) is 13.8 Å². The Labute approximate surface area is 189 Å². The van der Waals surface area contributed by atoms with Gasteiger partial charge < -0.3 is 9.47 Å². The van der Waals surface area contributed by atoms with Crippen molar-refractivity contribution < 1.29 is 26.3 Å². The number of benzene rings is 2. The van der Waals surface area contributed by atoms with Gasteiger partial charge >= 0.3 is 0 Å². The largest absolute Gasteiger partial charge is 0.490 e. The van der Waals surface area contributed by atoms with Crippen LogP contribution in [0.4, 0.5) is 5.69 Å². The molecule has 1 N–H and O–H groups in total. The minimum absolute atomic E-state index is 0.0365. The summed E-state index contributed by atoms with van der Waals surface area (Å²) in [5, 5.41) is 0. The third-order valence-electron chi connectivity index (χ3n) is 5.82. The van der Waals surface area contributed by atoms with Crippen molar-refractivity contribution in [3.63, 3.8) is 0 Å². The first-order valence-corrected chi connectivity index (χ1v) is 13.7. The number of rotatable bonds is 5. The number of nitrogens with zero attached hydrogens (tertiary/aromatic N) is 1. The van der Waals surface area contributed by atoms with Crippen LogP contribution in [0.2, 0.25) is 0 Å². The molecule has 32 heavy (non-hydrogen) atoms. The molecule has 0 spiro atoms. The number of hydrogen-bond acceptors (Lipinski definition) is 6. The minimum Gasteiger partial charge on any atom is -0.490 e. The summed E-state index contributed by atoms with van der Waals surface area (Å²) in [6, 6.07) is 10.1. The highest BCUT2D eigenvalue weighted by Crippen LogP contribution is 2.33. The van der Waals surface area contributed by atoms with Gasteiger partial charge in [-0.1, -0.05) is 6.42 Å². The van der Waals surface area contributed by atoms with Crippen molar-refractivity contribution in [2.24, 2.45) is 0 Å². The molecular weight excluding hydrogens is 452 g/mol. The SMILES string of the molecule is CC1CCCC(C)N1S(=O)(=O)c1ccc(NS(=O)(=O)c2ccc3c(c2)OCCCO3)cc1. The van der Waals surface area contributed by atoms with Gasteiger partial charge in [0.25, 0.3) is 10.0 Å². The van der Waals surface area contributed by atoms with E-state index in [-0.39, 0.29) is 27.6 Å². The molecule has 2 aromatic rings. The van der Waals surface area contributed by atoms with Crippen LogP contribution in [0.25, 0.3) is 0 Å². The highest BCUT2D eigenvalue weighted by Gasteiger charge is 2.35. The topological polar surface area (TPSA) is 102 Å². The summed E-state index contributed by atoms with van der Waals surface area (Å²) in [6.45, 7) is 4.81. The lowest BCUT2D eigenvalue weighted by molar-refractivity contribution is 0.204. The first-order chi connectivity index (χ1) is 15.2. The Bertz CT molecular complexity index is 1170. The normalized spacial score (nSPS) is 22.2. The molecule has 2 aliphatic rings. The Morgan fingerprint density at radius 1 is 0.812 bits per heavy atom. The summed E-state index contributed by atoms with van der Waals surface area (Å²) in [4.78, 5) is 0.186. The second-order valence-corrected chi connectivity index (χ2v) is 11.8. The average molecular weight is 481 g/mol. The first kappa shape index (κ1) is 22.9. The maximum Gasteiger partial charge on any atom is 0.262 e. The van der Waals surface area contributed by atoms with E-state index in [0.29, 0.717) is 24.7 Å². The van der Waals surface area contributed by atoms with Gasteiger partial charge in [0.2, 0.25) is 10.0 Å². The van der Waals surface area contributed by atoms with E-state index in [4.69, 9.17) is 9.47 Å². The van der Waals surface area contributed by atoms with Gasteiger partial charge in [0.15, 0.2) is 11.5 Å². The van der Waals surface area contributed by atoms with Crippen LogP contribution in [0.15, 0.2) is 52.3 Å².